The van der Waals surface area contributed by atoms with E-state index >= 15 is 0 Å². The van der Waals surface area contributed by atoms with Gasteiger partial charge in [0.25, 0.3) is 0 Å². The monoisotopic (exact) mass is 399 g/mol. The standard InChI is InChI=1S/C18H17N5O4S/c24-17-2-1-11-23(17)14-3-5-15(6-4-14)28(25,26)20-12-16-21-22-18(27-16)13-7-9-19-10-8-13/h3-10,20H,1-2,11-12H2. The van der Waals surface area contributed by atoms with Gasteiger partial charge in [-0.3, -0.25) is 9.78 Å². The van der Waals surface area contributed by atoms with E-state index in [2.05, 4.69) is 19.9 Å². The number of sulfonamides is 1. The first-order valence-electron chi connectivity index (χ1n) is 8.66. The summed E-state index contributed by atoms with van der Waals surface area (Å²) in [6.07, 6.45) is 4.53. The van der Waals surface area contributed by atoms with Crippen molar-refractivity contribution in [3.63, 3.8) is 0 Å². The molecule has 0 unspecified atom stereocenters. The van der Waals surface area contributed by atoms with Gasteiger partial charge in [-0.2, -0.15) is 0 Å². The third kappa shape index (κ3) is 3.78. The van der Waals surface area contributed by atoms with Crippen molar-refractivity contribution in [1.82, 2.24) is 19.9 Å². The van der Waals surface area contributed by atoms with Crippen molar-refractivity contribution >= 4 is 21.6 Å². The van der Waals surface area contributed by atoms with Crippen LogP contribution in [-0.4, -0.2) is 36.1 Å². The third-order valence-electron chi connectivity index (χ3n) is 4.34. The first kappa shape index (κ1) is 18.3. The molecule has 1 aliphatic rings. The number of anilines is 1. The van der Waals surface area contributed by atoms with E-state index in [1.165, 1.54) is 12.1 Å². The highest BCUT2D eigenvalue weighted by atomic mass is 32.2. The third-order valence-corrected chi connectivity index (χ3v) is 5.76. The van der Waals surface area contributed by atoms with Crippen LogP contribution in [-0.2, 0) is 21.4 Å². The van der Waals surface area contributed by atoms with Crippen LogP contribution in [0.25, 0.3) is 11.5 Å². The average molecular weight is 399 g/mol. The van der Waals surface area contributed by atoms with Crippen molar-refractivity contribution in [1.29, 1.82) is 0 Å². The van der Waals surface area contributed by atoms with Gasteiger partial charge in [0.2, 0.25) is 27.7 Å². The molecule has 144 valence electrons. The zero-order valence-corrected chi connectivity index (χ0v) is 15.6. The molecule has 0 aliphatic carbocycles. The van der Waals surface area contributed by atoms with Crippen LogP contribution in [0.2, 0.25) is 0 Å². The Morgan fingerprint density at radius 2 is 1.82 bits per heavy atom. The van der Waals surface area contributed by atoms with E-state index in [-0.39, 0.29) is 29.1 Å². The molecular weight excluding hydrogens is 382 g/mol. The summed E-state index contributed by atoms with van der Waals surface area (Å²) in [7, 11) is -3.76. The van der Waals surface area contributed by atoms with E-state index in [4.69, 9.17) is 4.42 Å². The second-order valence-corrected chi connectivity index (χ2v) is 7.97. The fraction of sp³-hybridized carbons (Fsp3) is 0.222. The summed E-state index contributed by atoms with van der Waals surface area (Å²) >= 11 is 0. The number of hydrogen-bond donors (Lipinski definition) is 1. The molecule has 2 aromatic heterocycles. The molecule has 1 saturated heterocycles. The molecule has 9 nitrogen and oxygen atoms in total. The van der Waals surface area contributed by atoms with Crippen molar-refractivity contribution < 1.29 is 17.6 Å². The molecule has 1 fully saturated rings. The highest BCUT2D eigenvalue weighted by molar-refractivity contribution is 7.89. The highest BCUT2D eigenvalue weighted by Crippen LogP contribution is 2.23. The van der Waals surface area contributed by atoms with Gasteiger partial charge < -0.3 is 9.32 Å². The number of carbonyl (C=O) groups is 1. The van der Waals surface area contributed by atoms with Gasteiger partial charge in [-0.25, -0.2) is 13.1 Å². The number of amides is 1. The number of rotatable bonds is 6. The minimum Gasteiger partial charge on any atom is -0.419 e. The number of nitrogens with one attached hydrogen (secondary N) is 1. The smallest absolute Gasteiger partial charge is 0.247 e. The van der Waals surface area contributed by atoms with Crippen molar-refractivity contribution in [3.8, 4) is 11.5 Å². The maximum atomic E-state index is 12.5. The summed E-state index contributed by atoms with van der Waals surface area (Å²) in [5.41, 5.74) is 1.39. The predicted octanol–water partition coefficient (Wildman–Crippen LogP) is 1.74. The molecule has 0 saturated carbocycles. The van der Waals surface area contributed by atoms with Gasteiger partial charge >= 0.3 is 0 Å². The maximum absolute atomic E-state index is 12.5. The summed E-state index contributed by atoms with van der Waals surface area (Å²) < 4.78 is 32.9. The van der Waals surface area contributed by atoms with Gasteiger partial charge in [-0.15, -0.1) is 10.2 Å². The largest absolute Gasteiger partial charge is 0.419 e. The van der Waals surface area contributed by atoms with Gasteiger partial charge in [0.05, 0.1) is 11.4 Å². The van der Waals surface area contributed by atoms with Gasteiger partial charge in [0.15, 0.2) is 0 Å². The van der Waals surface area contributed by atoms with E-state index < -0.39 is 10.0 Å². The van der Waals surface area contributed by atoms with Gasteiger partial charge in [0, 0.05) is 36.6 Å². The lowest BCUT2D eigenvalue weighted by molar-refractivity contribution is -0.117. The Balaban J connectivity index is 1.43. The van der Waals surface area contributed by atoms with Gasteiger partial charge in [0.1, 0.15) is 0 Å². The second-order valence-electron chi connectivity index (χ2n) is 6.20. The van der Waals surface area contributed by atoms with Crippen LogP contribution >= 0.6 is 0 Å². The molecular formula is C18H17N5O4S. The number of benzene rings is 1. The van der Waals surface area contributed by atoms with Crippen LogP contribution in [0.5, 0.6) is 0 Å². The Hall–Kier alpha value is -3.11. The number of pyridine rings is 1. The molecule has 1 aliphatic heterocycles. The SMILES string of the molecule is O=C1CCCN1c1ccc(S(=O)(=O)NCc2nnc(-c3ccncc3)o2)cc1. The Kier molecular flexibility index (Phi) is 4.88. The number of nitrogens with zero attached hydrogens (tertiary/aromatic N) is 4. The van der Waals surface area contributed by atoms with Crippen LogP contribution in [0.3, 0.4) is 0 Å². The summed E-state index contributed by atoms with van der Waals surface area (Å²) in [4.78, 5) is 17.5. The Labute approximate surface area is 161 Å². The molecule has 3 aromatic rings. The molecule has 1 amide bonds. The topological polar surface area (TPSA) is 118 Å². The lowest BCUT2D eigenvalue weighted by Gasteiger charge is -2.16. The molecule has 3 heterocycles. The van der Waals surface area contributed by atoms with Crippen molar-refractivity contribution in [3.05, 3.63) is 54.7 Å². The molecule has 0 bridgehead atoms. The van der Waals surface area contributed by atoms with Gasteiger partial charge in [-0.05, 0) is 42.8 Å². The Morgan fingerprint density at radius 1 is 1.07 bits per heavy atom. The van der Waals surface area contributed by atoms with E-state index in [0.29, 0.717) is 24.2 Å². The second kappa shape index (κ2) is 7.49. The van der Waals surface area contributed by atoms with E-state index in [1.807, 2.05) is 0 Å². The van der Waals surface area contributed by atoms with Crippen molar-refractivity contribution in [2.45, 2.75) is 24.3 Å². The fourth-order valence-electron chi connectivity index (χ4n) is 2.90. The molecule has 1 N–H and O–H groups in total. The van der Waals surface area contributed by atoms with Crippen LogP contribution in [0, 0.1) is 0 Å². The van der Waals surface area contributed by atoms with Crippen LogP contribution in [0.4, 0.5) is 5.69 Å². The minimum absolute atomic E-state index is 0.0510. The Bertz CT molecular complexity index is 1080. The number of aromatic nitrogens is 3. The molecule has 0 radical (unpaired) electrons. The average Bonchev–Trinajstić information content (AvgIpc) is 3.36. The van der Waals surface area contributed by atoms with Gasteiger partial charge in [-0.1, -0.05) is 0 Å². The normalized spacial score (nSPS) is 14.6. The molecule has 1 aromatic carbocycles. The molecule has 10 heteroatoms. The quantitative estimate of drug-likeness (QED) is 0.670. The molecule has 28 heavy (non-hydrogen) atoms. The zero-order valence-electron chi connectivity index (χ0n) is 14.8. The first-order chi connectivity index (χ1) is 13.5. The molecule has 4 rings (SSSR count). The van der Waals surface area contributed by atoms with E-state index in [1.54, 1.807) is 41.6 Å². The number of carbonyl (C=O) groups excluding carboxylic acids is 1. The fourth-order valence-corrected chi connectivity index (χ4v) is 3.88. The maximum Gasteiger partial charge on any atom is 0.247 e. The first-order valence-corrected chi connectivity index (χ1v) is 10.1. The van der Waals surface area contributed by atoms with Crippen LogP contribution in [0.15, 0.2) is 58.1 Å². The van der Waals surface area contributed by atoms with Crippen LogP contribution < -0.4 is 9.62 Å². The lowest BCUT2D eigenvalue weighted by atomic mass is 10.3. The molecule has 0 spiro atoms. The zero-order chi connectivity index (χ0) is 19.6. The number of hydrogen-bond acceptors (Lipinski definition) is 7. The summed E-state index contributed by atoms with van der Waals surface area (Å²) in [5, 5.41) is 7.76. The summed E-state index contributed by atoms with van der Waals surface area (Å²) in [5.74, 6) is 0.487. The van der Waals surface area contributed by atoms with Crippen LogP contribution in [0.1, 0.15) is 18.7 Å². The predicted molar refractivity (Wildman–Crippen MR) is 99.6 cm³/mol. The summed E-state index contributed by atoms with van der Waals surface area (Å²) in [6, 6.07) is 9.64. The molecule has 0 atom stereocenters. The minimum atomic E-state index is -3.76. The van der Waals surface area contributed by atoms with Crippen molar-refractivity contribution in [2.75, 3.05) is 11.4 Å². The Morgan fingerprint density at radius 3 is 2.50 bits per heavy atom. The summed E-state index contributed by atoms with van der Waals surface area (Å²) in [6.45, 7) is 0.521. The van der Waals surface area contributed by atoms with E-state index in [9.17, 15) is 13.2 Å². The highest BCUT2D eigenvalue weighted by Gasteiger charge is 2.22. The van der Waals surface area contributed by atoms with Crippen molar-refractivity contribution in [2.24, 2.45) is 0 Å². The lowest BCUT2D eigenvalue weighted by Crippen LogP contribution is -2.25. The van der Waals surface area contributed by atoms with E-state index in [0.717, 1.165) is 6.42 Å².